The number of aromatic nitrogens is 1. The van der Waals surface area contributed by atoms with Crippen molar-refractivity contribution in [1.29, 1.82) is 0 Å². The first-order chi connectivity index (χ1) is 14.3. The Labute approximate surface area is 169 Å². The first kappa shape index (κ1) is 16.4. The third-order valence-electron chi connectivity index (χ3n) is 6.10. The normalized spacial score (nSPS) is 11.8. The van der Waals surface area contributed by atoms with Gasteiger partial charge in [0.05, 0.1) is 5.52 Å². The first-order valence-electron chi connectivity index (χ1n) is 10.2. The quantitative estimate of drug-likeness (QED) is 0.278. The SMILES string of the molecule is Cc1ccc(Cn2c3ccccc3c3c4ccccc4c4ccccc4c32)cc1. The second-order valence-corrected chi connectivity index (χ2v) is 7.90. The van der Waals surface area contributed by atoms with Crippen LogP contribution in [0.25, 0.3) is 43.4 Å². The van der Waals surface area contributed by atoms with Crippen molar-refractivity contribution in [3.63, 3.8) is 0 Å². The average Bonchev–Trinajstić information content (AvgIpc) is 3.10. The zero-order chi connectivity index (χ0) is 19.4. The maximum atomic E-state index is 2.50. The number of nitrogens with zero attached hydrogens (tertiary/aromatic N) is 1. The van der Waals surface area contributed by atoms with Crippen LogP contribution in [0.3, 0.4) is 0 Å². The number of benzene rings is 5. The second-order valence-electron chi connectivity index (χ2n) is 7.90. The summed E-state index contributed by atoms with van der Waals surface area (Å²) in [4.78, 5) is 0. The van der Waals surface area contributed by atoms with E-state index in [4.69, 9.17) is 0 Å². The van der Waals surface area contributed by atoms with E-state index in [1.807, 2.05) is 0 Å². The number of hydrogen-bond donors (Lipinski definition) is 0. The van der Waals surface area contributed by atoms with E-state index in [0.29, 0.717) is 0 Å². The lowest BCUT2D eigenvalue weighted by Gasteiger charge is -2.12. The molecule has 5 aromatic carbocycles. The van der Waals surface area contributed by atoms with E-state index >= 15 is 0 Å². The summed E-state index contributed by atoms with van der Waals surface area (Å²) in [6, 6.07) is 35.4. The van der Waals surface area contributed by atoms with Crippen molar-refractivity contribution in [2.75, 3.05) is 0 Å². The van der Waals surface area contributed by atoms with Crippen LogP contribution in [0.4, 0.5) is 0 Å². The molecule has 0 bridgehead atoms. The summed E-state index contributed by atoms with van der Waals surface area (Å²) in [6.45, 7) is 3.01. The standard InChI is InChI=1S/C28H21N/c1-19-14-16-20(17-15-19)18-29-26-13-7-6-12-25(26)27-23-10-4-2-8-21(23)22-9-3-5-11-24(22)28(27)29/h2-17H,18H2,1H3. The van der Waals surface area contributed by atoms with Crippen LogP contribution in [0.5, 0.6) is 0 Å². The van der Waals surface area contributed by atoms with Gasteiger partial charge in [0.15, 0.2) is 0 Å². The molecule has 0 N–H and O–H groups in total. The smallest absolute Gasteiger partial charge is 0.0580 e. The highest BCUT2D eigenvalue weighted by molar-refractivity contribution is 6.31. The van der Waals surface area contributed by atoms with Gasteiger partial charge in [-0.15, -0.1) is 0 Å². The van der Waals surface area contributed by atoms with Crippen molar-refractivity contribution in [3.8, 4) is 0 Å². The fourth-order valence-corrected chi connectivity index (χ4v) is 4.76. The Kier molecular flexibility index (Phi) is 3.51. The molecule has 6 rings (SSSR count). The summed E-state index contributed by atoms with van der Waals surface area (Å²) in [6.07, 6.45) is 0. The number of fused-ring (bicyclic) bond motifs is 8. The number of rotatable bonds is 2. The molecular weight excluding hydrogens is 350 g/mol. The van der Waals surface area contributed by atoms with Crippen LogP contribution in [0.15, 0.2) is 97.1 Å². The van der Waals surface area contributed by atoms with Crippen molar-refractivity contribution in [2.45, 2.75) is 13.5 Å². The van der Waals surface area contributed by atoms with E-state index in [1.165, 1.54) is 54.5 Å². The molecule has 6 aromatic rings. The molecule has 0 aliphatic heterocycles. The van der Waals surface area contributed by atoms with Gasteiger partial charge in [-0.3, -0.25) is 0 Å². The predicted octanol–water partition coefficient (Wildman–Crippen LogP) is 7.46. The summed E-state index contributed by atoms with van der Waals surface area (Å²) in [5.74, 6) is 0. The van der Waals surface area contributed by atoms with Crippen LogP contribution in [0, 0.1) is 6.92 Å². The van der Waals surface area contributed by atoms with E-state index in [0.717, 1.165) is 6.54 Å². The number of aryl methyl sites for hydroxylation is 1. The van der Waals surface area contributed by atoms with Gasteiger partial charge in [-0.05, 0) is 34.7 Å². The summed E-state index contributed by atoms with van der Waals surface area (Å²) >= 11 is 0. The largest absolute Gasteiger partial charge is 0.335 e. The molecule has 0 aliphatic rings. The second kappa shape index (κ2) is 6.22. The molecule has 0 amide bonds. The van der Waals surface area contributed by atoms with Crippen molar-refractivity contribution >= 4 is 43.4 Å². The van der Waals surface area contributed by atoms with Gasteiger partial charge in [-0.25, -0.2) is 0 Å². The lowest BCUT2D eigenvalue weighted by atomic mass is 9.97. The number of para-hydroxylation sites is 1. The minimum atomic E-state index is 0.868. The van der Waals surface area contributed by atoms with Gasteiger partial charge >= 0.3 is 0 Å². The highest BCUT2D eigenvalue weighted by Crippen LogP contribution is 2.40. The van der Waals surface area contributed by atoms with Gasteiger partial charge in [0, 0.05) is 28.2 Å². The molecule has 0 unspecified atom stereocenters. The van der Waals surface area contributed by atoms with Crippen molar-refractivity contribution in [1.82, 2.24) is 4.57 Å². The molecule has 0 radical (unpaired) electrons. The monoisotopic (exact) mass is 371 g/mol. The lowest BCUT2D eigenvalue weighted by Crippen LogP contribution is -2.00. The zero-order valence-corrected chi connectivity index (χ0v) is 16.4. The minimum absolute atomic E-state index is 0.868. The van der Waals surface area contributed by atoms with E-state index < -0.39 is 0 Å². The maximum Gasteiger partial charge on any atom is 0.0580 e. The zero-order valence-electron chi connectivity index (χ0n) is 16.4. The molecule has 0 atom stereocenters. The van der Waals surface area contributed by atoms with E-state index in [1.54, 1.807) is 0 Å². The fourth-order valence-electron chi connectivity index (χ4n) is 4.76. The van der Waals surface area contributed by atoms with Gasteiger partial charge in [-0.1, -0.05) is 96.6 Å². The van der Waals surface area contributed by atoms with Crippen molar-refractivity contribution in [2.24, 2.45) is 0 Å². The molecule has 0 fully saturated rings. The van der Waals surface area contributed by atoms with Crippen molar-refractivity contribution in [3.05, 3.63) is 108 Å². The Morgan fingerprint density at radius 3 is 1.83 bits per heavy atom. The molecule has 1 aromatic heterocycles. The Bertz CT molecular complexity index is 1520. The van der Waals surface area contributed by atoms with Crippen LogP contribution < -0.4 is 0 Å². The van der Waals surface area contributed by atoms with Crippen LogP contribution in [0.1, 0.15) is 11.1 Å². The first-order valence-corrected chi connectivity index (χ1v) is 10.2. The van der Waals surface area contributed by atoms with Crippen LogP contribution in [-0.2, 0) is 6.54 Å². The topological polar surface area (TPSA) is 4.93 Å². The Morgan fingerprint density at radius 1 is 0.552 bits per heavy atom. The Hall–Kier alpha value is -3.58. The summed E-state index contributed by atoms with van der Waals surface area (Å²) in [5, 5.41) is 8.00. The van der Waals surface area contributed by atoms with Crippen molar-refractivity contribution < 1.29 is 0 Å². The maximum absolute atomic E-state index is 2.50. The van der Waals surface area contributed by atoms with Crippen LogP contribution >= 0.6 is 0 Å². The molecule has 1 nitrogen and oxygen atoms in total. The third kappa shape index (κ3) is 2.41. The van der Waals surface area contributed by atoms with Crippen LogP contribution in [-0.4, -0.2) is 4.57 Å². The fraction of sp³-hybridized carbons (Fsp3) is 0.0714. The highest BCUT2D eigenvalue weighted by atomic mass is 15.0. The molecule has 0 aliphatic carbocycles. The van der Waals surface area contributed by atoms with Gasteiger partial charge in [-0.2, -0.15) is 0 Å². The summed E-state index contributed by atoms with van der Waals surface area (Å²) in [7, 11) is 0. The van der Waals surface area contributed by atoms with Crippen LogP contribution in [0.2, 0.25) is 0 Å². The molecule has 138 valence electrons. The summed E-state index contributed by atoms with van der Waals surface area (Å²) < 4.78 is 2.50. The predicted molar refractivity (Wildman–Crippen MR) is 125 cm³/mol. The average molecular weight is 371 g/mol. The van der Waals surface area contributed by atoms with Gasteiger partial charge in [0.25, 0.3) is 0 Å². The molecule has 1 heteroatoms. The van der Waals surface area contributed by atoms with E-state index in [-0.39, 0.29) is 0 Å². The lowest BCUT2D eigenvalue weighted by molar-refractivity contribution is 0.871. The van der Waals surface area contributed by atoms with Gasteiger partial charge < -0.3 is 4.57 Å². The Morgan fingerprint density at radius 2 is 1.10 bits per heavy atom. The molecule has 1 heterocycles. The third-order valence-corrected chi connectivity index (χ3v) is 6.10. The van der Waals surface area contributed by atoms with Gasteiger partial charge in [0.1, 0.15) is 0 Å². The molecule has 29 heavy (non-hydrogen) atoms. The highest BCUT2D eigenvalue weighted by Gasteiger charge is 2.17. The minimum Gasteiger partial charge on any atom is -0.335 e. The van der Waals surface area contributed by atoms with Gasteiger partial charge in [0.2, 0.25) is 0 Å². The van der Waals surface area contributed by atoms with E-state index in [9.17, 15) is 0 Å². The van der Waals surface area contributed by atoms with E-state index in [2.05, 4.69) is 109 Å². The Balaban J connectivity index is 1.83. The molecular formula is C28H21N. The molecule has 0 saturated heterocycles. The summed E-state index contributed by atoms with van der Waals surface area (Å²) in [5.41, 5.74) is 5.26. The number of hydrogen-bond acceptors (Lipinski definition) is 0. The molecule has 0 spiro atoms. The molecule has 0 saturated carbocycles.